The molecule has 3 N–H and O–H groups in total. The zero-order valence-electron chi connectivity index (χ0n) is 19.6. The van der Waals surface area contributed by atoms with Crippen LogP contribution in [0.25, 0.3) is 0 Å². The maximum Gasteiger partial charge on any atom is 0.126 e. The molecule has 3 nitrogen and oxygen atoms in total. The van der Waals surface area contributed by atoms with E-state index in [2.05, 4.69) is 27.7 Å². The summed E-state index contributed by atoms with van der Waals surface area (Å²) in [6.07, 6.45) is 13.0. The Labute approximate surface area is 179 Å². The van der Waals surface area contributed by atoms with Gasteiger partial charge in [0.25, 0.3) is 0 Å². The first-order chi connectivity index (χ1) is 13.7. The van der Waals surface area contributed by atoms with Crippen LogP contribution in [0.15, 0.2) is 12.1 Å². The summed E-state index contributed by atoms with van der Waals surface area (Å²) in [4.78, 5) is 0. The smallest absolute Gasteiger partial charge is 0.126 e. The van der Waals surface area contributed by atoms with Crippen molar-refractivity contribution in [1.29, 1.82) is 0 Å². The number of fused-ring (bicyclic) bond motifs is 1. The van der Waals surface area contributed by atoms with Gasteiger partial charge in [-0.25, -0.2) is 0 Å². The van der Waals surface area contributed by atoms with Gasteiger partial charge in [-0.05, 0) is 87.5 Å². The lowest BCUT2D eigenvalue weighted by Crippen LogP contribution is -2.37. The summed E-state index contributed by atoms with van der Waals surface area (Å²) in [5.41, 5.74) is 8.47. The summed E-state index contributed by atoms with van der Waals surface area (Å²) in [5, 5.41) is 9.80. The second-order valence-electron chi connectivity index (χ2n) is 10.3. The third-order valence-corrected chi connectivity index (χ3v) is 6.64. The molecule has 0 fully saturated rings. The van der Waals surface area contributed by atoms with Crippen LogP contribution in [0.3, 0.4) is 0 Å². The zero-order chi connectivity index (χ0) is 21.4. The largest absolute Gasteiger partial charge is 0.508 e. The number of phenolic OH excluding ortho intramolecular Hbond substituents is 1. The standard InChI is InChI=1S/C26H45NO2/c1-19(2)9-6-10-20(3)11-7-12-23(27)13-8-15-26(5)16-14-22-18-24(28)17-21(4)25(22)29-26/h17-20,23,28H,6-16,27H2,1-5H3. The van der Waals surface area contributed by atoms with Crippen molar-refractivity contribution < 1.29 is 9.84 Å². The van der Waals surface area contributed by atoms with E-state index in [1.807, 2.05) is 13.0 Å². The van der Waals surface area contributed by atoms with Crippen LogP contribution >= 0.6 is 0 Å². The van der Waals surface area contributed by atoms with Crippen LogP contribution in [0.5, 0.6) is 11.5 Å². The molecule has 0 aliphatic carbocycles. The molecule has 3 atom stereocenters. The van der Waals surface area contributed by atoms with Gasteiger partial charge in [0, 0.05) is 6.04 Å². The van der Waals surface area contributed by atoms with Crippen molar-refractivity contribution in [3.63, 3.8) is 0 Å². The molecule has 1 heterocycles. The minimum Gasteiger partial charge on any atom is -0.508 e. The Kier molecular flexibility index (Phi) is 9.33. The molecule has 2 rings (SSSR count). The third-order valence-electron chi connectivity index (χ3n) is 6.64. The van der Waals surface area contributed by atoms with E-state index in [-0.39, 0.29) is 5.60 Å². The van der Waals surface area contributed by atoms with Crippen LogP contribution < -0.4 is 10.5 Å². The topological polar surface area (TPSA) is 55.5 Å². The Morgan fingerprint density at radius 3 is 2.38 bits per heavy atom. The number of hydrogen-bond acceptors (Lipinski definition) is 3. The van der Waals surface area contributed by atoms with Gasteiger partial charge in [-0.2, -0.15) is 0 Å². The van der Waals surface area contributed by atoms with E-state index in [1.165, 1.54) is 32.1 Å². The molecule has 1 aliphatic heterocycles. The Bertz CT molecular complexity index is 627. The van der Waals surface area contributed by atoms with Gasteiger partial charge < -0.3 is 15.6 Å². The van der Waals surface area contributed by atoms with E-state index < -0.39 is 0 Å². The average molecular weight is 404 g/mol. The highest BCUT2D eigenvalue weighted by atomic mass is 16.5. The molecular formula is C26H45NO2. The second kappa shape index (κ2) is 11.2. The summed E-state index contributed by atoms with van der Waals surface area (Å²) < 4.78 is 6.40. The summed E-state index contributed by atoms with van der Waals surface area (Å²) in [5.74, 6) is 2.98. The van der Waals surface area contributed by atoms with E-state index >= 15 is 0 Å². The molecule has 1 aromatic carbocycles. The van der Waals surface area contributed by atoms with Crippen molar-refractivity contribution in [2.24, 2.45) is 17.6 Å². The Hall–Kier alpha value is -1.22. The molecule has 0 aromatic heterocycles. The highest BCUT2D eigenvalue weighted by molar-refractivity contribution is 5.47. The maximum absolute atomic E-state index is 9.80. The molecule has 0 spiro atoms. The zero-order valence-corrected chi connectivity index (χ0v) is 19.6. The van der Waals surface area contributed by atoms with Crippen molar-refractivity contribution in [2.75, 3.05) is 0 Å². The van der Waals surface area contributed by atoms with Gasteiger partial charge in [0.2, 0.25) is 0 Å². The first-order valence-electron chi connectivity index (χ1n) is 12.0. The summed E-state index contributed by atoms with van der Waals surface area (Å²) in [6.45, 7) is 11.3. The van der Waals surface area contributed by atoms with Gasteiger partial charge in [0.05, 0.1) is 0 Å². The number of hydrogen-bond donors (Lipinski definition) is 2. The molecule has 3 unspecified atom stereocenters. The molecule has 0 radical (unpaired) electrons. The number of ether oxygens (including phenoxy) is 1. The number of benzene rings is 1. The van der Waals surface area contributed by atoms with E-state index in [0.29, 0.717) is 11.8 Å². The normalized spacial score (nSPS) is 20.9. The molecule has 0 amide bonds. The number of aryl methyl sites for hydroxylation is 2. The van der Waals surface area contributed by atoms with Crippen LogP contribution in [0.2, 0.25) is 0 Å². The Morgan fingerprint density at radius 2 is 1.69 bits per heavy atom. The fraction of sp³-hybridized carbons (Fsp3) is 0.769. The lowest BCUT2D eigenvalue weighted by molar-refractivity contribution is 0.0521. The lowest BCUT2D eigenvalue weighted by Gasteiger charge is -2.37. The van der Waals surface area contributed by atoms with Crippen LogP contribution in [-0.4, -0.2) is 16.7 Å². The highest BCUT2D eigenvalue weighted by Crippen LogP contribution is 2.40. The van der Waals surface area contributed by atoms with Crippen LogP contribution in [0.4, 0.5) is 0 Å². The van der Waals surface area contributed by atoms with Crippen molar-refractivity contribution in [2.45, 2.75) is 117 Å². The highest BCUT2D eigenvalue weighted by Gasteiger charge is 2.32. The molecule has 3 heteroatoms. The minimum absolute atomic E-state index is 0.112. The Balaban J connectivity index is 1.65. The Morgan fingerprint density at radius 1 is 1.03 bits per heavy atom. The van der Waals surface area contributed by atoms with Gasteiger partial charge in [0.1, 0.15) is 17.1 Å². The summed E-state index contributed by atoms with van der Waals surface area (Å²) in [7, 11) is 0. The van der Waals surface area contributed by atoms with Crippen molar-refractivity contribution in [1.82, 2.24) is 0 Å². The minimum atomic E-state index is -0.112. The van der Waals surface area contributed by atoms with Gasteiger partial charge in [-0.15, -0.1) is 0 Å². The predicted octanol–water partition coefficient (Wildman–Crippen LogP) is 6.91. The van der Waals surface area contributed by atoms with Crippen LogP contribution in [0, 0.1) is 18.8 Å². The maximum atomic E-state index is 9.80. The first kappa shape index (κ1) is 24.1. The third kappa shape index (κ3) is 8.20. The van der Waals surface area contributed by atoms with Crippen molar-refractivity contribution >= 4 is 0 Å². The fourth-order valence-electron chi connectivity index (χ4n) is 4.66. The molecule has 166 valence electrons. The predicted molar refractivity (Wildman–Crippen MR) is 124 cm³/mol. The molecule has 0 saturated carbocycles. The number of aromatic hydroxyl groups is 1. The van der Waals surface area contributed by atoms with Gasteiger partial charge >= 0.3 is 0 Å². The van der Waals surface area contributed by atoms with Crippen LogP contribution in [0.1, 0.15) is 103 Å². The molecule has 29 heavy (non-hydrogen) atoms. The monoisotopic (exact) mass is 403 g/mol. The number of rotatable bonds is 12. The van der Waals surface area contributed by atoms with Gasteiger partial charge in [-0.1, -0.05) is 52.9 Å². The summed E-state index contributed by atoms with van der Waals surface area (Å²) in [6, 6.07) is 3.96. The average Bonchev–Trinajstić information content (AvgIpc) is 2.62. The molecule has 1 aliphatic rings. The number of phenols is 1. The van der Waals surface area contributed by atoms with Gasteiger partial charge in [0.15, 0.2) is 0 Å². The molecular weight excluding hydrogens is 358 g/mol. The fourth-order valence-corrected chi connectivity index (χ4v) is 4.66. The SMILES string of the molecule is Cc1cc(O)cc2c1OC(C)(CCCC(N)CCCC(C)CCCC(C)C)CC2. The van der Waals surface area contributed by atoms with E-state index in [1.54, 1.807) is 6.07 Å². The van der Waals surface area contributed by atoms with E-state index in [4.69, 9.17) is 10.5 Å². The summed E-state index contributed by atoms with van der Waals surface area (Å²) >= 11 is 0. The van der Waals surface area contributed by atoms with Gasteiger partial charge in [-0.3, -0.25) is 0 Å². The van der Waals surface area contributed by atoms with E-state index in [9.17, 15) is 5.11 Å². The quantitative estimate of drug-likeness (QED) is 0.398. The molecule has 0 saturated heterocycles. The molecule has 0 bridgehead atoms. The molecule has 1 aromatic rings. The second-order valence-corrected chi connectivity index (χ2v) is 10.3. The van der Waals surface area contributed by atoms with Crippen molar-refractivity contribution in [3.05, 3.63) is 23.3 Å². The van der Waals surface area contributed by atoms with E-state index in [0.717, 1.165) is 67.2 Å². The first-order valence-corrected chi connectivity index (χ1v) is 12.0. The number of nitrogens with two attached hydrogens (primary N) is 1. The van der Waals surface area contributed by atoms with Crippen molar-refractivity contribution in [3.8, 4) is 11.5 Å². The van der Waals surface area contributed by atoms with Crippen LogP contribution in [-0.2, 0) is 6.42 Å². The lowest BCUT2D eigenvalue weighted by atomic mass is 9.86.